The standard InChI is InChI=1S/C16H21BrFN/c1-15(2)10-6-7-16(3,9-10)14(15)19-13-5-4-11(17)8-12(13)18/h4-5,8,10,14,19H,6-7,9H2,1-3H3/t10-,14?,16+/m0/s1. The molecule has 1 nitrogen and oxygen atoms in total. The Morgan fingerprint density at radius 3 is 2.63 bits per heavy atom. The van der Waals surface area contributed by atoms with Crippen LogP contribution in [0.15, 0.2) is 22.7 Å². The second-order valence-corrected chi connectivity index (χ2v) is 8.03. The summed E-state index contributed by atoms with van der Waals surface area (Å²) in [5.41, 5.74) is 1.19. The number of benzene rings is 1. The molecule has 1 unspecified atom stereocenters. The van der Waals surface area contributed by atoms with Crippen molar-refractivity contribution in [3.8, 4) is 0 Å². The highest BCUT2D eigenvalue weighted by molar-refractivity contribution is 9.10. The molecule has 0 aromatic heterocycles. The van der Waals surface area contributed by atoms with E-state index in [2.05, 4.69) is 42.0 Å². The van der Waals surface area contributed by atoms with Gasteiger partial charge in [-0.05, 0) is 54.2 Å². The molecule has 0 radical (unpaired) electrons. The molecule has 2 aliphatic carbocycles. The lowest BCUT2D eigenvalue weighted by Gasteiger charge is -2.43. The summed E-state index contributed by atoms with van der Waals surface area (Å²) in [5, 5.41) is 3.50. The second kappa shape index (κ2) is 4.21. The molecule has 3 atom stereocenters. The van der Waals surface area contributed by atoms with Crippen molar-refractivity contribution in [1.82, 2.24) is 0 Å². The van der Waals surface area contributed by atoms with E-state index >= 15 is 0 Å². The summed E-state index contributed by atoms with van der Waals surface area (Å²) in [6.45, 7) is 7.02. The Hall–Kier alpha value is -0.570. The first-order chi connectivity index (χ1) is 8.83. The van der Waals surface area contributed by atoms with Crippen molar-refractivity contribution < 1.29 is 4.39 Å². The fourth-order valence-corrected chi connectivity index (χ4v) is 4.76. The molecule has 0 heterocycles. The summed E-state index contributed by atoms with van der Waals surface area (Å²) in [7, 11) is 0. The monoisotopic (exact) mass is 325 g/mol. The van der Waals surface area contributed by atoms with E-state index in [4.69, 9.17) is 0 Å². The summed E-state index contributed by atoms with van der Waals surface area (Å²) in [5.74, 6) is 0.602. The van der Waals surface area contributed by atoms with Gasteiger partial charge in [-0.3, -0.25) is 0 Å². The van der Waals surface area contributed by atoms with Gasteiger partial charge in [-0.1, -0.05) is 36.7 Å². The van der Waals surface area contributed by atoms with Gasteiger partial charge in [0, 0.05) is 10.5 Å². The topological polar surface area (TPSA) is 12.0 Å². The molecule has 104 valence electrons. The lowest BCUT2D eigenvalue weighted by atomic mass is 9.68. The molecular weight excluding hydrogens is 305 g/mol. The molecule has 2 saturated carbocycles. The third-order valence-corrected chi connectivity index (χ3v) is 5.99. The van der Waals surface area contributed by atoms with Gasteiger partial charge >= 0.3 is 0 Å². The van der Waals surface area contributed by atoms with Gasteiger partial charge in [0.25, 0.3) is 0 Å². The smallest absolute Gasteiger partial charge is 0.147 e. The fourth-order valence-electron chi connectivity index (χ4n) is 4.42. The molecule has 2 fully saturated rings. The van der Waals surface area contributed by atoms with Gasteiger partial charge in [-0.25, -0.2) is 4.39 Å². The van der Waals surface area contributed by atoms with Crippen molar-refractivity contribution >= 4 is 21.6 Å². The van der Waals surface area contributed by atoms with E-state index in [0.29, 0.717) is 17.1 Å². The van der Waals surface area contributed by atoms with E-state index in [-0.39, 0.29) is 11.2 Å². The van der Waals surface area contributed by atoms with Crippen LogP contribution in [0, 0.1) is 22.6 Å². The zero-order valence-corrected chi connectivity index (χ0v) is 13.3. The third kappa shape index (κ3) is 2.01. The molecule has 2 bridgehead atoms. The van der Waals surface area contributed by atoms with E-state index in [1.54, 1.807) is 0 Å². The van der Waals surface area contributed by atoms with Crippen LogP contribution in [0.4, 0.5) is 10.1 Å². The van der Waals surface area contributed by atoms with Crippen molar-refractivity contribution in [1.29, 1.82) is 0 Å². The van der Waals surface area contributed by atoms with Crippen LogP contribution in [-0.2, 0) is 0 Å². The Balaban J connectivity index is 1.90. The molecular formula is C16H21BrFN. The molecule has 0 spiro atoms. The predicted octanol–water partition coefficient (Wildman–Crippen LogP) is 5.21. The molecule has 0 saturated heterocycles. The van der Waals surface area contributed by atoms with Crippen LogP contribution in [0.25, 0.3) is 0 Å². The largest absolute Gasteiger partial charge is 0.379 e. The number of fused-ring (bicyclic) bond motifs is 2. The van der Waals surface area contributed by atoms with Crippen molar-refractivity contribution in [2.75, 3.05) is 5.32 Å². The van der Waals surface area contributed by atoms with Crippen LogP contribution in [-0.4, -0.2) is 6.04 Å². The number of nitrogens with one attached hydrogen (secondary N) is 1. The van der Waals surface area contributed by atoms with Gasteiger partial charge in [-0.15, -0.1) is 0 Å². The average Bonchev–Trinajstić information content (AvgIpc) is 2.78. The molecule has 0 aliphatic heterocycles. The first-order valence-corrected chi connectivity index (χ1v) is 7.84. The minimum Gasteiger partial charge on any atom is -0.379 e. The number of hydrogen-bond acceptors (Lipinski definition) is 1. The number of hydrogen-bond donors (Lipinski definition) is 1. The molecule has 3 heteroatoms. The Labute approximate surface area is 123 Å². The molecule has 1 aromatic rings. The third-order valence-electron chi connectivity index (χ3n) is 5.50. The Morgan fingerprint density at radius 1 is 1.32 bits per heavy atom. The van der Waals surface area contributed by atoms with Crippen molar-refractivity contribution in [3.05, 3.63) is 28.5 Å². The number of anilines is 1. The average molecular weight is 326 g/mol. The summed E-state index contributed by atoms with van der Waals surface area (Å²) < 4.78 is 14.8. The molecule has 3 rings (SSSR count). The molecule has 1 N–H and O–H groups in total. The van der Waals surface area contributed by atoms with Gasteiger partial charge in [0.15, 0.2) is 0 Å². The van der Waals surface area contributed by atoms with Crippen LogP contribution in [0.2, 0.25) is 0 Å². The minimum atomic E-state index is -0.170. The van der Waals surface area contributed by atoms with Crippen molar-refractivity contribution in [3.63, 3.8) is 0 Å². The van der Waals surface area contributed by atoms with Crippen LogP contribution in [0.3, 0.4) is 0 Å². The van der Waals surface area contributed by atoms with E-state index in [1.165, 1.54) is 25.3 Å². The summed E-state index contributed by atoms with van der Waals surface area (Å²) in [6.07, 6.45) is 3.86. The van der Waals surface area contributed by atoms with Gasteiger partial charge < -0.3 is 5.32 Å². The maximum absolute atomic E-state index is 14.0. The van der Waals surface area contributed by atoms with E-state index in [1.807, 2.05) is 12.1 Å². The van der Waals surface area contributed by atoms with Gasteiger partial charge in [0.2, 0.25) is 0 Å². The van der Waals surface area contributed by atoms with Crippen LogP contribution in [0.1, 0.15) is 40.0 Å². The highest BCUT2D eigenvalue weighted by Gasteiger charge is 2.59. The minimum absolute atomic E-state index is 0.170. The number of halogens is 2. The Kier molecular flexibility index (Phi) is 2.97. The Morgan fingerprint density at radius 2 is 2.05 bits per heavy atom. The molecule has 19 heavy (non-hydrogen) atoms. The molecule has 1 aromatic carbocycles. The SMILES string of the molecule is CC1(C)C(Nc2ccc(Br)cc2F)[C@]2(C)CC[C@H]1C2. The predicted molar refractivity (Wildman–Crippen MR) is 80.7 cm³/mol. The maximum Gasteiger partial charge on any atom is 0.147 e. The van der Waals surface area contributed by atoms with Crippen molar-refractivity contribution in [2.45, 2.75) is 46.1 Å². The van der Waals surface area contributed by atoms with Crippen LogP contribution >= 0.6 is 15.9 Å². The van der Waals surface area contributed by atoms with Crippen LogP contribution < -0.4 is 5.32 Å². The highest BCUT2D eigenvalue weighted by Crippen LogP contribution is 2.63. The lowest BCUT2D eigenvalue weighted by Crippen LogP contribution is -2.45. The van der Waals surface area contributed by atoms with Crippen molar-refractivity contribution in [2.24, 2.45) is 16.7 Å². The van der Waals surface area contributed by atoms with Gasteiger partial charge in [-0.2, -0.15) is 0 Å². The zero-order valence-electron chi connectivity index (χ0n) is 11.8. The van der Waals surface area contributed by atoms with Crippen LogP contribution in [0.5, 0.6) is 0 Å². The highest BCUT2D eigenvalue weighted by atomic mass is 79.9. The van der Waals surface area contributed by atoms with Gasteiger partial charge in [0.1, 0.15) is 5.82 Å². The first-order valence-electron chi connectivity index (χ1n) is 7.04. The van der Waals surface area contributed by atoms with E-state index in [9.17, 15) is 4.39 Å². The fraction of sp³-hybridized carbons (Fsp3) is 0.625. The van der Waals surface area contributed by atoms with E-state index in [0.717, 1.165) is 10.4 Å². The quantitative estimate of drug-likeness (QED) is 0.786. The second-order valence-electron chi connectivity index (χ2n) is 7.12. The first kappa shape index (κ1) is 13.4. The normalized spacial score (nSPS) is 35.6. The summed E-state index contributed by atoms with van der Waals surface area (Å²) in [6, 6.07) is 5.62. The molecule has 0 amide bonds. The van der Waals surface area contributed by atoms with Gasteiger partial charge in [0.05, 0.1) is 5.69 Å². The lowest BCUT2D eigenvalue weighted by molar-refractivity contribution is 0.155. The summed E-state index contributed by atoms with van der Waals surface area (Å²) in [4.78, 5) is 0. The van der Waals surface area contributed by atoms with E-state index < -0.39 is 0 Å². The molecule has 2 aliphatic rings. The number of rotatable bonds is 2. The Bertz CT molecular complexity index is 509. The zero-order chi connectivity index (χ0) is 13.8. The summed E-state index contributed by atoms with van der Waals surface area (Å²) >= 11 is 3.31. The maximum atomic E-state index is 14.0.